The highest BCUT2D eigenvalue weighted by Gasteiger charge is 2.41. The first-order valence-electron chi connectivity index (χ1n) is 10.2. The first-order valence-corrected chi connectivity index (χ1v) is 11.0. The molecule has 3 heterocycles. The zero-order valence-corrected chi connectivity index (χ0v) is 17.7. The highest BCUT2D eigenvalue weighted by Crippen LogP contribution is 2.37. The van der Waals surface area contributed by atoms with Gasteiger partial charge in [-0.25, -0.2) is 14.8 Å². The molecule has 3 aromatic rings. The molecule has 1 aliphatic carbocycles. The Labute approximate surface area is 182 Å². The molecule has 1 aliphatic heterocycles. The molecule has 31 heavy (non-hydrogen) atoms. The van der Waals surface area contributed by atoms with Crippen LogP contribution in [0.2, 0.25) is 0 Å². The predicted molar refractivity (Wildman–Crippen MR) is 115 cm³/mol. The molecule has 2 aliphatic rings. The molecule has 0 saturated heterocycles. The fourth-order valence-corrected chi connectivity index (χ4v) is 5.51. The standard InChI is InChI=1S/C22H20N4O4S/c1-11(26-20(27)12-6-2-3-7-13(12)21(26)28)22(29)30-10-16-24-18(23)17-14-8-4-5-9-15(14)31-19(17)25-16/h2-3,6-7,11H,4-5,8-10H2,1H3,(H2,23,24,25). The van der Waals surface area contributed by atoms with Crippen LogP contribution in [0.15, 0.2) is 24.3 Å². The summed E-state index contributed by atoms with van der Waals surface area (Å²) < 4.78 is 5.34. The number of amides is 2. The molecular weight excluding hydrogens is 416 g/mol. The lowest BCUT2D eigenvalue weighted by Crippen LogP contribution is -2.43. The third kappa shape index (κ3) is 3.16. The van der Waals surface area contributed by atoms with Gasteiger partial charge in [0.25, 0.3) is 11.8 Å². The average Bonchev–Trinajstić information content (AvgIpc) is 3.27. The fourth-order valence-electron chi connectivity index (χ4n) is 4.22. The lowest BCUT2D eigenvalue weighted by molar-refractivity contribution is -0.149. The van der Waals surface area contributed by atoms with Gasteiger partial charge in [-0.2, -0.15) is 0 Å². The average molecular weight is 436 g/mol. The number of aromatic nitrogens is 2. The summed E-state index contributed by atoms with van der Waals surface area (Å²) >= 11 is 1.61. The van der Waals surface area contributed by atoms with Crippen LogP contribution in [0, 0.1) is 0 Å². The number of fused-ring (bicyclic) bond motifs is 4. The van der Waals surface area contributed by atoms with Crippen molar-refractivity contribution in [2.45, 2.75) is 45.3 Å². The molecule has 158 valence electrons. The second-order valence-corrected chi connectivity index (χ2v) is 8.81. The van der Waals surface area contributed by atoms with E-state index in [-0.39, 0.29) is 17.7 Å². The van der Waals surface area contributed by atoms with Gasteiger partial charge in [-0.15, -0.1) is 11.3 Å². The molecule has 9 heteroatoms. The summed E-state index contributed by atoms with van der Waals surface area (Å²) in [6.07, 6.45) is 4.30. The number of nitrogens with two attached hydrogens (primary N) is 1. The van der Waals surface area contributed by atoms with Crippen molar-refractivity contribution >= 4 is 45.2 Å². The highest BCUT2D eigenvalue weighted by molar-refractivity contribution is 7.19. The van der Waals surface area contributed by atoms with Gasteiger partial charge in [0.15, 0.2) is 12.4 Å². The third-order valence-corrected chi connectivity index (χ3v) is 6.97. The molecule has 0 bridgehead atoms. The molecule has 1 unspecified atom stereocenters. The van der Waals surface area contributed by atoms with E-state index >= 15 is 0 Å². The zero-order valence-electron chi connectivity index (χ0n) is 16.9. The second-order valence-electron chi connectivity index (χ2n) is 7.73. The number of rotatable bonds is 4. The molecule has 2 amide bonds. The molecule has 1 aromatic carbocycles. The maximum absolute atomic E-state index is 12.6. The molecule has 5 rings (SSSR count). The van der Waals surface area contributed by atoms with Gasteiger partial charge < -0.3 is 10.5 Å². The van der Waals surface area contributed by atoms with Crippen molar-refractivity contribution < 1.29 is 19.1 Å². The monoisotopic (exact) mass is 436 g/mol. The SMILES string of the molecule is CC(C(=O)OCc1nc(N)c2c3c(sc2n1)CCCC3)N1C(=O)c2ccccc2C1=O. The maximum Gasteiger partial charge on any atom is 0.329 e. The van der Waals surface area contributed by atoms with Crippen LogP contribution in [0.5, 0.6) is 0 Å². The Hall–Kier alpha value is -3.33. The van der Waals surface area contributed by atoms with E-state index in [2.05, 4.69) is 9.97 Å². The lowest BCUT2D eigenvalue weighted by atomic mass is 9.97. The van der Waals surface area contributed by atoms with Crippen molar-refractivity contribution in [3.05, 3.63) is 51.7 Å². The smallest absolute Gasteiger partial charge is 0.329 e. The van der Waals surface area contributed by atoms with Crippen LogP contribution < -0.4 is 5.73 Å². The first kappa shape index (κ1) is 19.6. The van der Waals surface area contributed by atoms with Crippen LogP contribution in [0.1, 0.15) is 56.7 Å². The quantitative estimate of drug-likeness (QED) is 0.494. The van der Waals surface area contributed by atoms with Crippen molar-refractivity contribution in [1.82, 2.24) is 14.9 Å². The fraction of sp³-hybridized carbons (Fsp3) is 0.318. The number of imide groups is 1. The summed E-state index contributed by atoms with van der Waals surface area (Å²) in [6, 6.07) is 5.43. The highest BCUT2D eigenvalue weighted by atomic mass is 32.1. The van der Waals surface area contributed by atoms with E-state index in [1.165, 1.54) is 17.4 Å². The first-order chi connectivity index (χ1) is 15.0. The Morgan fingerprint density at radius 1 is 1.16 bits per heavy atom. The summed E-state index contributed by atoms with van der Waals surface area (Å²) in [4.78, 5) is 49.6. The number of benzene rings is 1. The van der Waals surface area contributed by atoms with Crippen LogP contribution in [0.4, 0.5) is 5.82 Å². The molecule has 0 radical (unpaired) electrons. The number of nitrogen functional groups attached to an aromatic ring is 1. The minimum atomic E-state index is -1.07. The Morgan fingerprint density at radius 2 is 1.84 bits per heavy atom. The minimum Gasteiger partial charge on any atom is -0.456 e. The van der Waals surface area contributed by atoms with Gasteiger partial charge in [-0.05, 0) is 50.3 Å². The second kappa shape index (κ2) is 7.42. The molecule has 2 N–H and O–H groups in total. The minimum absolute atomic E-state index is 0.185. The topological polar surface area (TPSA) is 115 Å². The van der Waals surface area contributed by atoms with Crippen LogP contribution in [-0.4, -0.2) is 38.7 Å². The molecule has 0 spiro atoms. The van der Waals surface area contributed by atoms with Crippen LogP contribution in [0.25, 0.3) is 10.2 Å². The number of hydrogen-bond donors (Lipinski definition) is 1. The number of ether oxygens (including phenoxy) is 1. The number of nitrogens with zero attached hydrogens (tertiary/aromatic N) is 3. The molecular formula is C22H20N4O4S. The number of carbonyl (C=O) groups is 3. The Kier molecular flexibility index (Phi) is 4.70. The predicted octanol–water partition coefficient (Wildman–Crippen LogP) is 2.88. The largest absolute Gasteiger partial charge is 0.456 e. The Bertz CT molecular complexity index is 1220. The van der Waals surface area contributed by atoms with Crippen LogP contribution in [-0.2, 0) is 29.0 Å². The van der Waals surface area contributed by atoms with Gasteiger partial charge in [-0.1, -0.05) is 12.1 Å². The molecule has 1 atom stereocenters. The van der Waals surface area contributed by atoms with E-state index in [1.807, 2.05) is 0 Å². The number of carbonyl (C=O) groups excluding carboxylic acids is 3. The van der Waals surface area contributed by atoms with Crippen molar-refractivity contribution in [3.63, 3.8) is 0 Å². The van der Waals surface area contributed by atoms with E-state index in [9.17, 15) is 14.4 Å². The van der Waals surface area contributed by atoms with E-state index < -0.39 is 23.8 Å². The molecule has 0 saturated carbocycles. The van der Waals surface area contributed by atoms with Crippen molar-refractivity contribution in [2.75, 3.05) is 5.73 Å². The van der Waals surface area contributed by atoms with E-state index in [0.29, 0.717) is 11.6 Å². The summed E-state index contributed by atoms with van der Waals surface area (Å²) in [6.45, 7) is 1.28. The van der Waals surface area contributed by atoms with Gasteiger partial charge in [0, 0.05) is 4.88 Å². The van der Waals surface area contributed by atoms with Crippen LogP contribution >= 0.6 is 11.3 Å². The van der Waals surface area contributed by atoms with Crippen molar-refractivity contribution in [2.24, 2.45) is 0 Å². The maximum atomic E-state index is 12.6. The summed E-state index contributed by atoms with van der Waals surface area (Å²) in [5, 5.41) is 0.911. The third-order valence-electron chi connectivity index (χ3n) is 5.79. The van der Waals surface area contributed by atoms with E-state index in [0.717, 1.165) is 40.8 Å². The lowest BCUT2D eigenvalue weighted by Gasteiger charge is -2.20. The molecule has 2 aromatic heterocycles. The van der Waals surface area contributed by atoms with Crippen molar-refractivity contribution in [3.8, 4) is 0 Å². The van der Waals surface area contributed by atoms with E-state index in [1.54, 1.807) is 35.6 Å². The normalized spacial score (nSPS) is 16.4. The Morgan fingerprint density at radius 3 is 2.55 bits per heavy atom. The van der Waals surface area contributed by atoms with Crippen molar-refractivity contribution in [1.29, 1.82) is 0 Å². The van der Waals surface area contributed by atoms with E-state index in [4.69, 9.17) is 10.5 Å². The molecule has 0 fully saturated rings. The number of hydrogen-bond acceptors (Lipinski definition) is 8. The number of anilines is 1. The van der Waals surface area contributed by atoms with Gasteiger partial charge in [0.05, 0.1) is 16.5 Å². The summed E-state index contributed by atoms with van der Waals surface area (Å²) in [5.74, 6) is -1.02. The van der Waals surface area contributed by atoms with Gasteiger partial charge in [-0.3, -0.25) is 14.5 Å². The van der Waals surface area contributed by atoms with Gasteiger partial charge >= 0.3 is 5.97 Å². The zero-order chi connectivity index (χ0) is 21.7. The van der Waals surface area contributed by atoms with Gasteiger partial charge in [0.2, 0.25) is 0 Å². The Balaban J connectivity index is 1.32. The summed E-state index contributed by atoms with van der Waals surface area (Å²) in [5.41, 5.74) is 8.01. The molecule has 8 nitrogen and oxygen atoms in total. The summed E-state index contributed by atoms with van der Waals surface area (Å²) in [7, 11) is 0. The number of aryl methyl sites for hydroxylation is 2. The van der Waals surface area contributed by atoms with Crippen LogP contribution in [0.3, 0.4) is 0 Å². The number of thiophene rings is 1. The number of esters is 1. The van der Waals surface area contributed by atoms with Gasteiger partial charge in [0.1, 0.15) is 16.7 Å².